The monoisotopic (exact) mass is 325 g/mol. The van der Waals surface area contributed by atoms with Gasteiger partial charge < -0.3 is 5.32 Å². The molecule has 21 heavy (non-hydrogen) atoms. The van der Waals surface area contributed by atoms with Crippen LogP contribution in [0.25, 0.3) is 0 Å². The molecule has 1 aromatic carbocycles. The summed E-state index contributed by atoms with van der Waals surface area (Å²) in [5.74, 6) is 1.21. The van der Waals surface area contributed by atoms with Gasteiger partial charge in [-0.05, 0) is 41.7 Å². The van der Waals surface area contributed by atoms with Crippen LogP contribution in [0.2, 0.25) is 0 Å². The van der Waals surface area contributed by atoms with Crippen molar-refractivity contribution in [1.29, 1.82) is 0 Å². The van der Waals surface area contributed by atoms with Crippen molar-refractivity contribution in [3.63, 3.8) is 0 Å². The lowest BCUT2D eigenvalue weighted by Gasteiger charge is -2.08. The molecule has 0 saturated carbocycles. The molecular formula is C15H20FN3S2. The molecule has 0 spiro atoms. The van der Waals surface area contributed by atoms with E-state index in [9.17, 15) is 4.39 Å². The van der Waals surface area contributed by atoms with E-state index in [1.165, 1.54) is 23.3 Å². The van der Waals surface area contributed by atoms with Crippen molar-refractivity contribution in [2.24, 2.45) is 5.92 Å². The maximum atomic E-state index is 14.1. The Labute approximate surface area is 133 Å². The van der Waals surface area contributed by atoms with Gasteiger partial charge in [0.25, 0.3) is 0 Å². The summed E-state index contributed by atoms with van der Waals surface area (Å²) >= 11 is 2.66. The van der Waals surface area contributed by atoms with Crippen LogP contribution in [0.3, 0.4) is 0 Å². The molecule has 2 aromatic rings. The maximum absolute atomic E-state index is 14.1. The van der Waals surface area contributed by atoms with Gasteiger partial charge in [-0.25, -0.2) is 9.37 Å². The van der Waals surface area contributed by atoms with E-state index in [4.69, 9.17) is 0 Å². The molecule has 0 aliphatic rings. The number of aryl methyl sites for hydroxylation is 1. The number of halogens is 1. The molecule has 1 N–H and O–H groups in total. The summed E-state index contributed by atoms with van der Waals surface area (Å²) in [5.41, 5.74) is 0.962. The number of nitrogens with zero attached hydrogens (tertiary/aromatic N) is 2. The maximum Gasteiger partial charge on any atom is 0.174 e. The molecule has 0 radical (unpaired) electrons. The fourth-order valence-electron chi connectivity index (χ4n) is 1.76. The number of nitrogens with one attached hydrogen (secondary N) is 1. The molecule has 0 atom stereocenters. The Morgan fingerprint density at radius 3 is 2.81 bits per heavy atom. The minimum Gasteiger partial charge on any atom is -0.312 e. The van der Waals surface area contributed by atoms with Gasteiger partial charge in [0.05, 0.1) is 4.90 Å². The van der Waals surface area contributed by atoms with Crippen molar-refractivity contribution in [3.8, 4) is 0 Å². The molecule has 0 aliphatic carbocycles. The molecular weight excluding hydrogens is 305 g/mol. The Morgan fingerprint density at radius 1 is 1.38 bits per heavy atom. The summed E-state index contributed by atoms with van der Waals surface area (Å²) in [5, 5.41) is 3.31. The normalized spacial score (nSPS) is 11.3. The van der Waals surface area contributed by atoms with Gasteiger partial charge >= 0.3 is 0 Å². The minimum atomic E-state index is -0.197. The van der Waals surface area contributed by atoms with Gasteiger partial charge in [0, 0.05) is 13.0 Å². The highest BCUT2D eigenvalue weighted by atomic mass is 32.2. The first-order chi connectivity index (χ1) is 10.1. The summed E-state index contributed by atoms with van der Waals surface area (Å²) in [6, 6.07) is 5.37. The fourth-order valence-corrected chi connectivity index (χ4v) is 3.42. The van der Waals surface area contributed by atoms with Crippen molar-refractivity contribution in [2.45, 2.75) is 43.0 Å². The molecule has 0 amide bonds. The lowest BCUT2D eigenvalue weighted by atomic mass is 10.2. The molecule has 2 rings (SSSR count). The zero-order valence-electron chi connectivity index (χ0n) is 12.5. The average molecular weight is 325 g/mol. The summed E-state index contributed by atoms with van der Waals surface area (Å²) in [6.07, 6.45) is 0.806. The molecule has 114 valence electrons. The van der Waals surface area contributed by atoms with E-state index in [2.05, 4.69) is 28.5 Å². The van der Waals surface area contributed by atoms with Crippen molar-refractivity contribution >= 4 is 23.3 Å². The first kappa shape index (κ1) is 16.4. The largest absolute Gasteiger partial charge is 0.312 e. The third-order valence-corrected chi connectivity index (χ3v) is 4.68. The quantitative estimate of drug-likeness (QED) is 0.830. The summed E-state index contributed by atoms with van der Waals surface area (Å²) in [7, 11) is 0. The number of hydrogen-bond acceptors (Lipinski definition) is 5. The summed E-state index contributed by atoms with van der Waals surface area (Å²) < 4.78 is 19.1. The van der Waals surface area contributed by atoms with E-state index in [1.54, 1.807) is 6.07 Å². The number of aromatic nitrogens is 2. The molecule has 0 fully saturated rings. The summed E-state index contributed by atoms with van der Waals surface area (Å²) in [6.45, 7) is 7.94. The topological polar surface area (TPSA) is 37.8 Å². The van der Waals surface area contributed by atoms with Crippen LogP contribution in [0.15, 0.2) is 27.4 Å². The second-order valence-electron chi connectivity index (χ2n) is 5.22. The van der Waals surface area contributed by atoms with Crippen LogP contribution in [0.5, 0.6) is 0 Å². The molecule has 1 aromatic heterocycles. The van der Waals surface area contributed by atoms with E-state index in [0.29, 0.717) is 17.4 Å². The molecule has 0 saturated heterocycles. The molecule has 0 aliphatic heterocycles. The van der Waals surface area contributed by atoms with Crippen molar-refractivity contribution in [2.75, 3.05) is 6.54 Å². The molecule has 6 heteroatoms. The molecule has 0 bridgehead atoms. The van der Waals surface area contributed by atoms with Crippen molar-refractivity contribution in [3.05, 3.63) is 35.4 Å². The Bertz CT molecular complexity index is 584. The lowest BCUT2D eigenvalue weighted by molar-refractivity contribution is 0.548. The van der Waals surface area contributed by atoms with Gasteiger partial charge in [-0.15, -0.1) is 0 Å². The van der Waals surface area contributed by atoms with Gasteiger partial charge in [-0.3, -0.25) is 0 Å². The van der Waals surface area contributed by atoms with Crippen LogP contribution in [-0.2, 0) is 13.0 Å². The predicted molar refractivity (Wildman–Crippen MR) is 86.4 cm³/mol. The van der Waals surface area contributed by atoms with Gasteiger partial charge in [0.2, 0.25) is 0 Å². The van der Waals surface area contributed by atoms with Crippen LogP contribution in [-0.4, -0.2) is 15.9 Å². The number of benzene rings is 1. The highest BCUT2D eigenvalue weighted by molar-refractivity contribution is 8.01. The predicted octanol–water partition coefficient (Wildman–Crippen LogP) is 4.14. The van der Waals surface area contributed by atoms with E-state index >= 15 is 0 Å². The lowest BCUT2D eigenvalue weighted by Crippen LogP contribution is -2.18. The van der Waals surface area contributed by atoms with Crippen LogP contribution >= 0.6 is 23.3 Å². The van der Waals surface area contributed by atoms with E-state index < -0.39 is 0 Å². The average Bonchev–Trinajstić information content (AvgIpc) is 2.89. The Kier molecular flexibility index (Phi) is 6.14. The van der Waals surface area contributed by atoms with Crippen molar-refractivity contribution < 1.29 is 4.39 Å². The third-order valence-electron chi connectivity index (χ3n) is 2.84. The van der Waals surface area contributed by atoms with Gasteiger partial charge in [0.15, 0.2) is 4.34 Å². The van der Waals surface area contributed by atoms with Crippen LogP contribution in [0, 0.1) is 11.7 Å². The number of rotatable bonds is 7. The van der Waals surface area contributed by atoms with Crippen LogP contribution in [0.4, 0.5) is 4.39 Å². The molecule has 1 heterocycles. The van der Waals surface area contributed by atoms with Crippen LogP contribution < -0.4 is 5.32 Å². The minimum absolute atomic E-state index is 0.197. The second kappa shape index (κ2) is 7.87. The van der Waals surface area contributed by atoms with E-state index in [1.807, 2.05) is 19.1 Å². The van der Waals surface area contributed by atoms with Gasteiger partial charge in [-0.2, -0.15) is 4.37 Å². The molecule has 3 nitrogen and oxygen atoms in total. The van der Waals surface area contributed by atoms with E-state index in [-0.39, 0.29) is 5.82 Å². The van der Waals surface area contributed by atoms with Gasteiger partial charge in [-0.1, -0.05) is 38.6 Å². The first-order valence-corrected chi connectivity index (χ1v) is 8.67. The third kappa shape index (κ3) is 5.05. The summed E-state index contributed by atoms with van der Waals surface area (Å²) in [4.78, 5) is 4.95. The Morgan fingerprint density at radius 2 is 2.19 bits per heavy atom. The Balaban J connectivity index is 1.98. The standard InChI is InChI=1S/C15H20FN3S2/c1-4-14-18-15(21-19-14)20-13-6-5-11(7-12(13)16)9-17-8-10(2)3/h5-7,10,17H,4,8-9H2,1-3H3. The SMILES string of the molecule is CCc1nsc(Sc2ccc(CNCC(C)C)cc2F)n1. The second-order valence-corrected chi connectivity index (χ2v) is 7.26. The van der Waals surface area contributed by atoms with Crippen LogP contribution in [0.1, 0.15) is 32.2 Å². The highest BCUT2D eigenvalue weighted by Gasteiger charge is 2.09. The van der Waals surface area contributed by atoms with E-state index in [0.717, 1.165) is 28.7 Å². The smallest absolute Gasteiger partial charge is 0.174 e. The Hall–Kier alpha value is -0.980. The first-order valence-electron chi connectivity index (χ1n) is 7.08. The number of hydrogen-bond donors (Lipinski definition) is 1. The van der Waals surface area contributed by atoms with Crippen molar-refractivity contribution in [1.82, 2.24) is 14.7 Å². The highest BCUT2D eigenvalue weighted by Crippen LogP contribution is 2.31. The zero-order valence-corrected chi connectivity index (χ0v) is 14.2. The fraction of sp³-hybridized carbons (Fsp3) is 0.467. The molecule has 0 unspecified atom stereocenters. The van der Waals surface area contributed by atoms with Gasteiger partial charge in [0.1, 0.15) is 11.6 Å². The zero-order chi connectivity index (χ0) is 15.2.